The molecule has 6 heteroatoms. The fourth-order valence-electron chi connectivity index (χ4n) is 3.05. The normalized spacial score (nSPS) is 15.1. The van der Waals surface area contributed by atoms with Crippen LogP contribution in [0.1, 0.15) is 37.1 Å². The van der Waals surface area contributed by atoms with Crippen molar-refractivity contribution in [3.8, 4) is 0 Å². The highest BCUT2D eigenvalue weighted by Crippen LogP contribution is 2.17. The molecule has 5 nitrogen and oxygen atoms in total. The molecule has 0 amide bonds. The highest BCUT2D eigenvalue weighted by Gasteiger charge is 2.16. The van der Waals surface area contributed by atoms with Gasteiger partial charge in [-0.1, -0.05) is 43.2 Å². The lowest BCUT2D eigenvalue weighted by atomic mass is 10.2. The summed E-state index contributed by atoms with van der Waals surface area (Å²) in [6.07, 6.45) is 8.99. The first kappa shape index (κ1) is 18.8. The third-order valence-electron chi connectivity index (χ3n) is 4.33. The van der Waals surface area contributed by atoms with Gasteiger partial charge in [0.25, 0.3) is 0 Å². The lowest BCUT2D eigenvalue weighted by molar-refractivity contribution is 0.607. The van der Waals surface area contributed by atoms with Gasteiger partial charge in [-0.3, -0.25) is 4.99 Å². The Morgan fingerprint density at radius 2 is 2.00 bits per heavy atom. The molecule has 1 saturated carbocycles. The van der Waals surface area contributed by atoms with Gasteiger partial charge in [0.15, 0.2) is 5.96 Å². The molecular formula is C18H26IN5. The smallest absolute Gasteiger partial charge is 0.191 e. The van der Waals surface area contributed by atoms with Gasteiger partial charge in [0.05, 0.1) is 6.54 Å². The maximum Gasteiger partial charge on any atom is 0.191 e. The monoisotopic (exact) mass is 439 g/mol. The number of aromatic nitrogens is 2. The minimum Gasteiger partial charge on any atom is -0.354 e. The Bertz CT molecular complexity index is 632. The van der Waals surface area contributed by atoms with Crippen molar-refractivity contribution in [1.82, 2.24) is 20.2 Å². The van der Waals surface area contributed by atoms with Crippen LogP contribution in [0.5, 0.6) is 0 Å². The molecule has 0 aliphatic heterocycles. The van der Waals surface area contributed by atoms with E-state index in [-0.39, 0.29) is 24.0 Å². The highest BCUT2D eigenvalue weighted by atomic mass is 127. The maximum absolute atomic E-state index is 4.47. The van der Waals surface area contributed by atoms with E-state index in [1.807, 2.05) is 25.5 Å². The van der Waals surface area contributed by atoms with Gasteiger partial charge in [-0.2, -0.15) is 0 Å². The Morgan fingerprint density at radius 3 is 2.71 bits per heavy atom. The molecule has 0 radical (unpaired) electrons. The van der Waals surface area contributed by atoms with E-state index in [1.165, 1.54) is 31.2 Å². The van der Waals surface area contributed by atoms with E-state index in [0.717, 1.165) is 18.3 Å². The molecule has 2 aromatic rings. The molecule has 1 aromatic heterocycles. The Kier molecular flexibility index (Phi) is 7.55. The summed E-state index contributed by atoms with van der Waals surface area (Å²) in [6, 6.07) is 11.0. The van der Waals surface area contributed by atoms with Crippen molar-refractivity contribution < 1.29 is 0 Å². The SMILES string of the molecule is CN=C(NCc1nccn1Cc1ccccc1)NC1CCCC1.I. The minimum atomic E-state index is 0. The molecule has 1 aliphatic carbocycles. The summed E-state index contributed by atoms with van der Waals surface area (Å²) in [7, 11) is 1.82. The zero-order valence-electron chi connectivity index (χ0n) is 14.1. The number of hydrogen-bond donors (Lipinski definition) is 2. The van der Waals surface area contributed by atoms with Gasteiger partial charge in [0.1, 0.15) is 5.82 Å². The van der Waals surface area contributed by atoms with Crippen LogP contribution in [0.25, 0.3) is 0 Å². The van der Waals surface area contributed by atoms with Crippen molar-refractivity contribution in [2.45, 2.75) is 44.8 Å². The standard InChI is InChI=1S/C18H25N5.HI/c1-19-18(22-16-9-5-6-10-16)21-13-17-20-11-12-23(17)14-15-7-3-2-4-8-15;/h2-4,7-8,11-12,16H,5-6,9-10,13-14H2,1H3,(H2,19,21,22);1H. The molecule has 3 rings (SSSR count). The van der Waals surface area contributed by atoms with E-state index in [1.54, 1.807) is 0 Å². The van der Waals surface area contributed by atoms with Crippen LogP contribution in [-0.2, 0) is 13.1 Å². The van der Waals surface area contributed by atoms with Crippen LogP contribution in [-0.4, -0.2) is 28.6 Å². The highest BCUT2D eigenvalue weighted by molar-refractivity contribution is 14.0. The third kappa shape index (κ3) is 5.22. The summed E-state index contributed by atoms with van der Waals surface area (Å²) in [5.41, 5.74) is 1.28. The molecule has 1 aliphatic rings. The molecule has 1 aromatic carbocycles. The summed E-state index contributed by atoms with van der Waals surface area (Å²) >= 11 is 0. The molecular weight excluding hydrogens is 413 g/mol. The number of guanidine groups is 1. The largest absolute Gasteiger partial charge is 0.354 e. The zero-order valence-corrected chi connectivity index (χ0v) is 16.4. The number of rotatable bonds is 5. The number of hydrogen-bond acceptors (Lipinski definition) is 2. The molecule has 2 N–H and O–H groups in total. The average molecular weight is 439 g/mol. The van der Waals surface area contributed by atoms with E-state index in [4.69, 9.17) is 0 Å². The van der Waals surface area contributed by atoms with Crippen molar-refractivity contribution in [2.24, 2.45) is 4.99 Å². The summed E-state index contributed by atoms with van der Waals surface area (Å²) in [4.78, 5) is 8.79. The zero-order chi connectivity index (χ0) is 15.9. The van der Waals surface area contributed by atoms with E-state index in [0.29, 0.717) is 12.6 Å². The molecule has 130 valence electrons. The van der Waals surface area contributed by atoms with Crippen LogP contribution in [0.2, 0.25) is 0 Å². The lowest BCUT2D eigenvalue weighted by Gasteiger charge is -2.17. The van der Waals surface area contributed by atoms with E-state index < -0.39 is 0 Å². The van der Waals surface area contributed by atoms with Crippen molar-refractivity contribution in [1.29, 1.82) is 0 Å². The van der Waals surface area contributed by atoms with Gasteiger partial charge >= 0.3 is 0 Å². The third-order valence-corrected chi connectivity index (χ3v) is 4.33. The Hall–Kier alpha value is -1.57. The summed E-state index contributed by atoms with van der Waals surface area (Å²) in [5, 5.41) is 6.88. The fourth-order valence-corrected chi connectivity index (χ4v) is 3.05. The molecule has 0 spiro atoms. The first-order chi connectivity index (χ1) is 11.3. The van der Waals surface area contributed by atoms with Crippen LogP contribution >= 0.6 is 24.0 Å². The molecule has 0 atom stereocenters. The first-order valence-electron chi connectivity index (χ1n) is 8.36. The second-order valence-electron chi connectivity index (χ2n) is 6.01. The lowest BCUT2D eigenvalue weighted by Crippen LogP contribution is -2.42. The second kappa shape index (κ2) is 9.66. The van der Waals surface area contributed by atoms with E-state index >= 15 is 0 Å². The van der Waals surface area contributed by atoms with E-state index in [2.05, 4.69) is 49.4 Å². The maximum atomic E-state index is 4.47. The van der Waals surface area contributed by atoms with Gasteiger partial charge < -0.3 is 15.2 Å². The minimum absolute atomic E-state index is 0. The van der Waals surface area contributed by atoms with Gasteiger partial charge in [-0.25, -0.2) is 4.98 Å². The van der Waals surface area contributed by atoms with Crippen LogP contribution in [0.3, 0.4) is 0 Å². The van der Waals surface area contributed by atoms with Crippen molar-refractivity contribution in [3.05, 3.63) is 54.1 Å². The Balaban J connectivity index is 0.00000208. The number of halogens is 1. The Morgan fingerprint density at radius 1 is 1.25 bits per heavy atom. The van der Waals surface area contributed by atoms with Crippen LogP contribution in [0, 0.1) is 0 Å². The summed E-state index contributed by atoms with van der Waals surface area (Å²) < 4.78 is 2.17. The number of benzene rings is 1. The number of aliphatic imine (C=N–C) groups is 1. The van der Waals surface area contributed by atoms with Crippen LogP contribution < -0.4 is 10.6 Å². The first-order valence-corrected chi connectivity index (χ1v) is 8.36. The molecule has 1 fully saturated rings. The van der Waals surface area contributed by atoms with Crippen LogP contribution in [0.15, 0.2) is 47.7 Å². The van der Waals surface area contributed by atoms with Crippen molar-refractivity contribution in [3.63, 3.8) is 0 Å². The molecule has 0 unspecified atom stereocenters. The average Bonchev–Trinajstić information content (AvgIpc) is 3.24. The Labute approximate surface area is 161 Å². The predicted molar refractivity (Wildman–Crippen MR) is 109 cm³/mol. The molecule has 1 heterocycles. The van der Waals surface area contributed by atoms with E-state index in [9.17, 15) is 0 Å². The number of imidazole rings is 1. The predicted octanol–water partition coefficient (Wildman–Crippen LogP) is 3.16. The van der Waals surface area contributed by atoms with Gasteiger partial charge in [0, 0.05) is 32.0 Å². The second-order valence-corrected chi connectivity index (χ2v) is 6.01. The van der Waals surface area contributed by atoms with Crippen LogP contribution in [0.4, 0.5) is 0 Å². The number of nitrogens with zero attached hydrogens (tertiary/aromatic N) is 3. The number of nitrogens with one attached hydrogen (secondary N) is 2. The summed E-state index contributed by atoms with van der Waals surface area (Å²) in [5.74, 6) is 1.88. The topological polar surface area (TPSA) is 54.2 Å². The summed E-state index contributed by atoms with van der Waals surface area (Å²) in [6.45, 7) is 1.51. The van der Waals surface area contributed by atoms with Crippen molar-refractivity contribution >= 4 is 29.9 Å². The van der Waals surface area contributed by atoms with Crippen molar-refractivity contribution in [2.75, 3.05) is 7.05 Å². The molecule has 24 heavy (non-hydrogen) atoms. The molecule has 0 saturated heterocycles. The van der Waals surface area contributed by atoms with Gasteiger partial charge in [0.2, 0.25) is 0 Å². The fraction of sp³-hybridized carbons (Fsp3) is 0.444. The van der Waals surface area contributed by atoms with Gasteiger partial charge in [-0.15, -0.1) is 24.0 Å². The molecule has 0 bridgehead atoms. The quantitative estimate of drug-likeness (QED) is 0.428. The van der Waals surface area contributed by atoms with Gasteiger partial charge in [-0.05, 0) is 18.4 Å².